The molecule has 0 bridgehead atoms. The summed E-state index contributed by atoms with van der Waals surface area (Å²) >= 11 is 0. The Bertz CT molecular complexity index is 145. The average Bonchev–Trinajstić information content (AvgIpc) is 2.31. The second-order valence-electron chi connectivity index (χ2n) is 4.55. The third-order valence-electron chi connectivity index (χ3n) is 2.83. The minimum Gasteiger partial charge on any atom is -0.0845 e. The van der Waals surface area contributed by atoms with E-state index >= 15 is 0 Å². The van der Waals surface area contributed by atoms with Crippen LogP contribution in [0.1, 0.15) is 78.1 Å². The molecule has 0 atom stereocenters. The molecule has 0 rings (SSSR count). The molecule has 0 aromatic rings. The topological polar surface area (TPSA) is 0 Å². The van der Waals surface area contributed by atoms with Gasteiger partial charge in [-0.3, -0.25) is 0 Å². The number of hydrogen-bond donors (Lipinski definition) is 0. The quantitative estimate of drug-likeness (QED) is 0.295. The predicted octanol–water partition coefficient (Wildman–Crippen LogP) is 6.04. The van der Waals surface area contributed by atoms with Gasteiger partial charge in [0.15, 0.2) is 0 Å². The van der Waals surface area contributed by atoms with Crippen molar-refractivity contribution >= 4 is 0 Å². The Labute approximate surface area is 103 Å². The van der Waals surface area contributed by atoms with Gasteiger partial charge in [-0.05, 0) is 25.7 Å². The van der Waals surface area contributed by atoms with Crippen molar-refractivity contribution < 1.29 is 0 Å². The molecule has 0 N–H and O–H groups in total. The van der Waals surface area contributed by atoms with E-state index in [1.165, 1.54) is 64.2 Å². The molecular weight excluding hydrogens is 192 g/mol. The van der Waals surface area contributed by atoms with Crippen LogP contribution in [0.15, 0.2) is 24.3 Å². The summed E-state index contributed by atoms with van der Waals surface area (Å²) in [6.07, 6.45) is 22.5. The second-order valence-corrected chi connectivity index (χ2v) is 4.55. The monoisotopic (exact) mass is 222 g/mol. The summed E-state index contributed by atoms with van der Waals surface area (Å²) in [5, 5.41) is 0. The van der Waals surface area contributed by atoms with Gasteiger partial charge < -0.3 is 0 Å². The van der Waals surface area contributed by atoms with Crippen LogP contribution in [-0.2, 0) is 0 Å². The Hall–Kier alpha value is -0.520. The molecule has 0 radical (unpaired) electrons. The first-order valence-electron chi connectivity index (χ1n) is 7.23. The van der Waals surface area contributed by atoms with Crippen LogP contribution in [0.3, 0.4) is 0 Å². The maximum absolute atomic E-state index is 2.30. The number of allylic oxidation sites excluding steroid dienone is 4. The average molecular weight is 222 g/mol. The summed E-state index contributed by atoms with van der Waals surface area (Å²) in [4.78, 5) is 0. The molecule has 0 spiro atoms. The third-order valence-corrected chi connectivity index (χ3v) is 2.83. The standard InChI is InChI=1S/C16H30/c1-3-5-7-9-11-13-15-16-14-12-10-8-6-4-2/h13-16H,3-12H2,1-2H3. The lowest BCUT2D eigenvalue weighted by Crippen LogP contribution is -1.74. The molecule has 0 amide bonds. The smallest absolute Gasteiger partial charge is 0.0348 e. The minimum absolute atomic E-state index is 1.25. The van der Waals surface area contributed by atoms with Gasteiger partial charge in [-0.15, -0.1) is 0 Å². The molecule has 0 heteroatoms. The van der Waals surface area contributed by atoms with Crippen molar-refractivity contribution in [3.05, 3.63) is 24.3 Å². The lowest BCUT2D eigenvalue weighted by atomic mass is 10.1. The van der Waals surface area contributed by atoms with Gasteiger partial charge in [-0.1, -0.05) is 76.7 Å². The van der Waals surface area contributed by atoms with Crippen molar-refractivity contribution in [2.24, 2.45) is 0 Å². The number of hydrogen-bond acceptors (Lipinski definition) is 0. The molecule has 0 saturated carbocycles. The molecule has 0 aliphatic carbocycles. The molecule has 94 valence electrons. The molecule has 0 aromatic heterocycles. The molecule has 0 saturated heterocycles. The Morgan fingerprint density at radius 1 is 0.562 bits per heavy atom. The Morgan fingerprint density at radius 2 is 1.00 bits per heavy atom. The summed E-state index contributed by atoms with van der Waals surface area (Å²) in [6.45, 7) is 4.52. The molecule has 0 nitrogen and oxygen atoms in total. The molecule has 0 aliphatic heterocycles. The predicted molar refractivity (Wildman–Crippen MR) is 75.8 cm³/mol. The Balaban J connectivity index is 3.15. The van der Waals surface area contributed by atoms with Crippen LogP contribution in [0.4, 0.5) is 0 Å². The highest BCUT2D eigenvalue weighted by molar-refractivity contribution is 5.02. The van der Waals surface area contributed by atoms with Gasteiger partial charge in [-0.25, -0.2) is 0 Å². The fraction of sp³-hybridized carbons (Fsp3) is 0.750. The first kappa shape index (κ1) is 15.5. The molecule has 0 aromatic carbocycles. The largest absolute Gasteiger partial charge is 0.0845 e. The van der Waals surface area contributed by atoms with Gasteiger partial charge in [-0.2, -0.15) is 0 Å². The lowest BCUT2D eigenvalue weighted by Gasteiger charge is -1.94. The highest BCUT2D eigenvalue weighted by Gasteiger charge is 1.84. The zero-order chi connectivity index (χ0) is 11.9. The highest BCUT2D eigenvalue weighted by atomic mass is 13.9. The van der Waals surface area contributed by atoms with Gasteiger partial charge in [0.05, 0.1) is 0 Å². The van der Waals surface area contributed by atoms with Crippen molar-refractivity contribution in [1.29, 1.82) is 0 Å². The highest BCUT2D eigenvalue weighted by Crippen LogP contribution is 2.04. The molecule has 0 heterocycles. The van der Waals surface area contributed by atoms with E-state index in [-0.39, 0.29) is 0 Å². The molecule has 0 unspecified atom stereocenters. The van der Waals surface area contributed by atoms with E-state index in [1.54, 1.807) is 0 Å². The van der Waals surface area contributed by atoms with Crippen LogP contribution in [0.5, 0.6) is 0 Å². The first-order valence-corrected chi connectivity index (χ1v) is 7.23. The molecule has 0 aliphatic rings. The zero-order valence-corrected chi connectivity index (χ0v) is 11.4. The van der Waals surface area contributed by atoms with E-state index in [0.717, 1.165) is 0 Å². The third kappa shape index (κ3) is 13.5. The normalized spacial score (nSPS) is 11.9. The van der Waals surface area contributed by atoms with Gasteiger partial charge in [0, 0.05) is 0 Å². The van der Waals surface area contributed by atoms with Crippen LogP contribution in [0.25, 0.3) is 0 Å². The van der Waals surface area contributed by atoms with E-state index in [4.69, 9.17) is 0 Å². The zero-order valence-electron chi connectivity index (χ0n) is 11.4. The Kier molecular flexibility index (Phi) is 14.0. The van der Waals surface area contributed by atoms with Crippen LogP contribution < -0.4 is 0 Å². The van der Waals surface area contributed by atoms with Crippen LogP contribution >= 0.6 is 0 Å². The van der Waals surface area contributed by atoms with Crippen molar-refractivity contribution in [2.75, 3.05) is 0 Å². The van der Waals surface area contributed by atoms with Gasteiger partial charge in [0.1, 0.15) is 0 Å². The van der Waals surface area contributed by atoms with Gasteiger partial charge in [0.2, 0.25) is 0 Å². The Morgan fingerprint density at radius 3 is 1.38 bits per heavy atom. The van der Waals surface area contributed by atoms with Gasteiger partial charge >= 0.3 is 0 Å². The summed E-state index contributed by atoms with van der Waals surface area (Å²) < 4.78 is 0. The first-order chi connectivity index (χ1) is 7.91. The van der Waals surface area contributed by atoms with Crippen LogP contribution in [-0.4, -0.2) is 0 Å². The summed E-state index contributed by atoms with van der Waals surface area (Å²) in [7, 11) is 0. The molecule has 0 fully saturated rings. The molecule has 16 heavy (non-hydrogen) atoms. The maximum Gasteiger partial charge on any atom is -0.0348 e. The van der Waals surface area contributed by atoms with E-state index < -0.39 is 0 Å². The lowest BCUT2D eigenvalue weighted by molar-refractivity contribution is 0.673. The van der Waals surface area contributed by atoms with E-state index in [0.29, 0.717) is 0 Å². The second kappa shape index (κ2) is 14.5. The van der Waals surface area contributed by atoms with E-state index in [2.05, 4.69) is 38.2 Å². The van der Waals surface area contributed by atoms with Crippen LogP contribution in [0, 0.1) is 0 Å². The number of unbranched alkanes of at least 4 members (excludes halogenated alkanes) is 8. The van der Waals surface area contributed by atoms with Gasteiger partial charge in [0.25, 0.3) is 0 Å². The fourth-order valence-electron chi connectivity index (χ4n) is 1.73. The SMILES string of the molecule is CCCCCCC=CC=CCCCCCC. The summed E-state index contributed by atoms with van der Waals surface area (Å²) in [5.41, 5.74) is 0. The molecular formula is C16H30. The van der Waals surface area contributed by atoms with Crippen molar-refractivity contribution in [2.45, 2.75) is 78.1 Å². The fourth-order valence-corrected chi connectivity index (χ4v) is 1.73. The van der Waals surface area contributed by atoms with Crippen molar-refractivity contribution in [1.82, 2.24) is 0 Å². The maximum atomic E-state index is 2.30. The van der Waals surface area contributed by atoms with Crippen molar-refractivity contribution in [3.63, 3.8) is 0 Å². The summed E-state index contributed by atoms with van der Waals surface area (Å²) in [6, 6.07) is 0. The number of rotatable bonds is 11. The van der Waals surface area contributed by atoms with E-state index in [9.17, 15) is 0 Å². The minimum atomic E-state index is 1.25. The van der Waals surface area contributed by atoms with Crippen molar-refractivity contribution in [3.8, 4) is 0 Å². The van der Waals surface area contributed by atoms with Crippen LogP contribution in [0.2, 0.25) is 0 Å². The van der Waals surface area contributed by atoms with E-state index in [1.807, 2.05) is 0 Å². The summed E-state index contributed by atoms with van der Waals surface area (Å²) in [5.74, 6) is 0.